The number of halogens is 3. The minimum absolute atomic E-state index is 0.0273. The number of hydrogen-bond acceptors (Lipinski definition) is 7. The zero-order chi connectivity index (χ0) is 19.6. The van der Waals surface area contributed by atoms with E-state index in [0.29, 0.717) is 31.3 Å². The van der Waals surface area contributed by atoms with Crippen LogP contribution >= 0.6 is 0 Å². The number of hydrogen-bond donors (Lipinski definition) is 2. The largest absolute Gasteiger partial charge is 0.416 e. The van der Waals surface area contributed by atoms with Crippen molar-refractivity contribution in [1.82, 2.24) is 15.0 Å². The van der Waals surface area contributed by atoms with Crippen molar-refractivity contribution in [2.75, 3.05) is 40.9 Å². The number of aromatic nitrogens is 3. The molecule has 7 nitrogen and oxygen atoms in total. The van der Waals surface area contributed by atoms with Crippen LogP contribution < -0.4 is 21.3 Å². The predicted molar refractivity (Wildman–Crippen MR) is 98.4 cm³/mol. The number of benzene rings is 1. The summed E-state index contributed by atoms with van der Waals surface area (Å²) < 4.78 is 39.1. The van der Waals surface area contributed by atoms with E-state index in [1.165, 1.54) is 12.1 Å². The summed E-state index contributed by atoms with van der Waals surface area (Å²) >= 11 is 0. The third-order valence-corrected chi connectivity index (χ3v) is 4.56. The number of piperazine rings is 1. The van der Waals surface area contributed by atoms with Gasteiger partial charge in [0.15, 0.2) is 0 Å². The monoisotopic (exact) mass is 381 g/mol. The number of alkyl halides is 3. The summed E-state index contributed by atoms with van der Waals surface area (Å²) in [6, 6.07) is 5.44. The summed E-state index contributed by atoms with van der Waals surface area (Å²) in [5.74, 6) is 0.503. The number of nitrogen functional groups attached to an aromatic ring is 2. The van der Waals surface area contributed by atoms with Gasteiger partial charge in [0.25, 0.3) is 0 Å². The molecule has 2 aromatic rings. The molecule has 146 valence electrons. The van der Waals surface area contributed by atoms with E-state index in [4.69, 9.17) is 11.5 Å². The van der Waals surface area contributed by atoms with Crippen molar-refractivity contribution >= 4 is 23.5 Å². The van der Waals surface area contributed by atoms with E-state index in [-0.39, 0.29) is 17.9 Å². The van der Waals surface area contributed by atoms with Gasteiger partial charge in [-0.25, -0.2) is 0 Å². The molecule has 0 bridgehead atoms. The molecule has 1 aromatic heterocycles. The SMILES string of the molecule is CCCC1CN(c2cccc(C(F)(F)F)c2)CCN1c1nc(N)nc(N)n1. The van der Waals surface area contributed by atoms with E-state index in [9.17, 15) is 13.2 Å². The van der Waals surface area contributed by atoms with Crippen molar-refractivity contribution in [3.8, 4) is 0 Å². The summed E-state index contributed by atoms with van der Waals surface area (Å²) in [5, 5.41) is 0. The van der Waals surface area contributed by atoms with Gasteiger partial charge in [-0.2, -0.15) is 28.1 Å². The summed E-state index contributed by atoms with van der Waals surface area (Å²) in [5.41, 5.74) is 11.3. The average molecular weight is 381 g/mol. The molecule has 0 aliphatic carbocycles. The standard InChI is InChI=1S/C17H22F3N7/c1-2-4-13-10-26(12-6-3-5-11(9-12)17(18,19)20)7-8-27(13)16-24-14(21)23-15(22)25-16/h3,5-6,9,13H,2,4,7-8,10H2,1H3,(H4,21,22,23,24,25). The van der Waals surface area contributed by atoms with Crippen LogP contribution in [0.3, 0.4) is 0 Å². The Kier molecular flexibility index (Phi) is 5.24. The van der Waals surface area contributed by atoms with Crippen molar-refractivity contribution in [3.63, 3.8) is 0 Å². The van der Waals surface area contributed by atoms with Gasteiger partial charge in [0.1, 0.15) is 0 Å². The van der Waals surface area contributed by atoms with Crippen LogP contribution in [0.15, 0.2) is 24.3 Å². The molecule has 1 unspecified atom stereocenters. The molecule has 1 atom stereocenters. The van der Waals surface area contributed by atoms with E-state index in [1.54, 1.807) is 6.07 Å². The molecule has 27 heavy (non-hydrogen) atoms. The van der Waals surface area contributed by atoms with E-state index in [2.05, 4.69) is 21.9 Å². The number of anilines is 4. The van der Waals surface area contributed by atoms with Crippen molar-refractivity contribution in [3.05, 3.63) is 29.8 Å². The minimum Gasteiger partial charge on any atom is -0.368 e. The second-order valence-electron chi connectivity index (χ2n) is 6.48. The Hall–Kier alpha value is -2.78. The first-order chi connectivity index (χ1) is 12.8. The first-order valence-electron chi connectivity index (χ1n) is 8.74. The van der Waals surface area contributed by atoms with Crippen LogP contribution in [-0.4, -0.2) is 40.6 Å². The first kappa shape index (κ1) is 19.0. The van der Waals surface area contributed by atoms with Crippen molar-refractivity contribution in [2.24, 2.45) is 0 Å². The van der Waals surface area contributed by atoms with Crippen molar-refractivity contribution in [1.29, 1.82) is 0 Å². The molecule has 0 saturated carbocycles. The van der Waals surface area contributed by atoms with Crippen LogP contribution in [0.5, 0.6) is 0 Å². The Bertz CT molecular complexity index is 776. The van der Waals surface area contributed by atoms with Gasteiger partial charge >= 0.3 is 6.18 Å². The lowest BCUT2D eigenvalue weighted by atomic mass is 10.1. The second-order valence-corrected chi connectivity index (χ2v) is 6.48. The maximum atomic E-state index is 13.0. The molecule has 10 heteroatoms. The quantitative estimate of drug-likeness (QED) is 0.840. The van der Waals surface area contributed by atoms with Crippen molar-refractivity contribution < 1.29 is 13.2 Å². The molecule has 0 spiro atoms. The van der Waals surface area contributed by atoms with Crippen LogP contribution in [0, 0.1) is 0 Å². The van der Waals surface area contributed by atoms with Gasteiger partial charge in [0.05, 0.1) is 5.56 Å². The fraction of sp³-hybridized carbons (Fsp3) is 0.471. The second kappa shape index (κ2) is 7.45. The van der Waals surface area contributed by atoms with Crippen LogP contribution in [0.1, 0.15) is 25.3 Å². The Balaban J connectivity index is 1.84. The Morgan fingerprint density at radius 2 is 1.81 bits per heavy atom. The highest BCUT2D eigenvalue weighted by Gasteiger charge is 2.32. The Morgan fingerprint density at radius 3 is 2.44 bits per heavy atom. The smallest absolute Gasteiger partial charge is 0.368 e. The molecule has 1 aliphatic rings. The molecule has 0 radical (unpaired) electrons. The molecule has 2 heterocycles. The van der Waals surface area contributed by atoms with Gasteiger partial charge in [-0.05, 0) is 24.6 Å². The molecule has 4 N–H and O–H groups in total. The van der Waals surface area contributed by atoms with Gasteiger partial charge in [0, 0.05) is 31.4 Å². The maximum absolute atomic E-state index is 13.0. The van der Waals surface area contributed by atoms with E-state index in [0.717, 1.165) is 18.9 Å². The fourth-order valence-corrected chi connectivity index (χ4v) is 3.34. The molecule has 1 saturated heterocycles. The highest BCUT2D eigenvalue weighted by atomic mass is 19.4. The number of nitrogens with two attached hydrogens (primary N) is 2. The van der Waals surface area contributed by atoms with Crippen LogP contribution in [0.2, 0.25) is 0 Å². The lowest BCUT2D eigenvalue weighted by Gasteiger charge is -2.42. The van der Waals surface area contributed by atoms with E-state index in [1.807, 2.05) is 9.80 Å². The zero-order valence-corrected chi connectivity index (χ0v) is 14.9. The highest BCUT2D eigenvalue weighted by Crippen LogP contribution is 2.32. The molecule has 0 amide bonds. The normalized spacial score (nSPS) is 18.0. The fourth-order valence-electron chi connectivity index (χ4n) is 3.34. The lowest BCUT2D eigenvalue weighted by molar-refractivity contribution is -0.137. The molecule has 1 aromatic carbocycles. The third-order valence-electron chi connectivity index (χ3n) is 4.56. The number of nitrogens with zero attached hydrogens (tertiary/aromatic N) is 5. The van der Waals surface area contributed by atoms with Crippen LogP contribution in [0.4, 0.5) is 36.7 Å². The molecular formula is C17H22F3N7. The van der Waals surface area contributed by atoms with Gasteiger partial charge in [-0.15, -0.1) is 0 Å². The minimum atomic E-state index is -4.36. The summed E-state index contributed by atoms with van der Waals surface area (Å²) in [6.07, 6.45) is -2.62. The maximum Gasteiger partial charge on any atom is 0.416 e. The Labute approximate surface area is 155 Å². The number of rotatable bonds is 4. The molecule has 1 fully saturated rings. The summed E-state index contributed by atoms with van der Waals surface area (Å²) in [4.78, 5) is 16.1. The van der Waals surface area contributed by atoms with Gasteiger partial charge in [-0.3, -0.25) is 0 Å². The predicted octanol–water partition coefficient (Wildman–Crippen LogP) is 2.55. The average Bonchev–Trinajstić information content (AvgIpc) is 2.60. The van der Waals surface area contributed by atoms with Crippen LogP contribution in [0.25, 0.3) is 0 Å². The molecular weight excluding hydrogens is 359 g/mol. The van der Waals surface area contributed by atoms with Crippen molar-refractivity contribution in [2.45, 2.75) is 32.0 Å². The van der Waals surface area contributed by atoms with E-state index >= 15 is 0 Å². The summed E-state index contributed by atoms with van der Waals surface area (Å²) in [6.45, 7) is 3.69. The Morgan fingerprint density at radius 1 is 1.11 bits per heavy atom. The lowest BCUT2D eigenvalue weighted by Crippen LogP contribution is -2.54. The topological polar surface area (TPSA) is 97.2 Å². The molecule has 3 rings (SSSR count). The van der Waals surface area contributed by atoms with Crippen LogP contribution in [-0.2, 0) is 6.18 Å². The van der Waals surface area contributed by atoms with Gasteiger partial charge in [-0.1, -0.05) is 19.4 Å². The first-order valence-corrected chi connectivity index (χ1v) is 8.74. The molecule has 1 aliphatic heterocycles. The third kappa shape index (κ3) is 4.32. The van der Waals surface area contributed by atoms with E-state index < -0.39 is 11.7 Å². The van der Waals surface area contributed by atoms with Gasteiger partial charge < -0.3 is 21.3 Å². The summed E-state index contributed by atoms with van der Waals surface area (Å²) in [7, 11) is 0. The zero-order valence-electron chi connectivity index (χ0n) is 14.9. The highest BCUT2D eigenvalue weighted by molar-refractivity contribution is 5.52. The van der Waals surface area contributed by atoms with Gasteiger partial charge in [0.2, 0.25) is 17.8 Å².